The van der Waals surface area contributed by atoms with Crippen molar-refractivity contribution in [1.29, 1.82) is 0 Å². The Morgan fingerprint density at radius 2 is 1.94 bits per heavy atom. The minimum absolute atomic E-state index is 0.0523. The molecule has 0 saturated carbocycles. The molecule has 2 heterocycles. The lowest BCUT2D eigenvalue weighted by molar-refractivity contribution is -0.383. The summed E-state index contributed by atoms with van der Waals surface area (Å²) in [5.74, 6) is 0.748. The first kappa shape index (κ1) is 21.0. The van der Waals surface area contributed by atoms with E-state index in [1.54, 1.807) is 18.5 Å². The molecule has 0 spiro atoms. The lowest BCUT2D eigenvalue weighted by Crippen LogP contribution is -2.43. The van der Waals surface area contributed by atoms with E-state index in [9.17, 15) is 10.1 Å². The summed E-state index contributed by atoms with van der Waals surface area (Å²) in [6.07, 6.45) is 3.58. The van der Waals surface area contributed by atoms with Crippen molar-refractivity contribution in [3.63, 3.8) is 0 Å². The van der Waals surface area contributed by atoms with Gasteiger partial charge in [-0.3, -0.25) is 15.0 Å². The molecule has 0 amide bonds. The molecular formula is C23H28N6O2. The SMILES string of the molecule is CCNc1cc2ncnc(N(C)C3CCN(Cc4ccccc4)CC3)c2cc1[N+](=O)[O-]. The van der Waals surface area contributed by atoms with E-state index in [1.807, 2.05) is 20.0 Å². The Morgan fingerprint density at radius 1 is 1.19 bits per heavy atom. The number of anilines is 2. The van der Waals surface area contributed by atoms with Crippen LogP contribution in [-0.4, -0.2) is 52.5 Å². The zero-order chi connectivity index (χ0) is 21.8. The number of hydrogen-bond acceptors (Lipinski definition) is 7. The van der Waals surface area contributed by atoms with Gasteiger partial charge in [-0.1, -0.05) is 30.3 Å². The highest BCUT2D eigenvalue weighted by Gasteiger charge is 2.26. The van der Waals surface area contributed by atoms with Gasteiger partial charge in [-0.25, -0.2) is 9.97 Å². The van der Waals surface area contributed by atoms with Crippen molar-refractivity contribution in [1.82, 2.24) is 14.9 Å². The molecule has 8 nitrogen and oxygen atoms in total. The van der Waals surface area contributed by atoms with Gasteiger partial charge in [-0.05, 0) is 31.4 Å². The van der Waals surface area contributed by atoms with Crippen LogP contribution in [0.3, 0.4) is 0 Å². The van der Waals surface area contributed by atoms with Gasteiger partial charge in [-0.2, -0.15) is 0 Å². The Morgan fingerprint density at radius 3 is 2.61 bits per heavy atom. The van der Waals surface area contributed by atoms with Gasteiger partial charge in [-0.15, -0.1) is 0 Å². The molecule has 2 aromatic carbocycles. The van der Waals surface area contributed by atoms with E-state index in [2.05, 4.69) is 49.4 Å². The van der Waals surface area contributed by atoms with Gasteiger partial charge in [0.15, 0.2) is 0 Å². The molecule has 1 aromatic heterocycles. The van der Waals surface area contributed by atoms with Crippen molar-refractivity contribution in [3.8, 4) is 0 Å². The summed E-state index contributed by atoms with van der Waals surface area (Å²) in [7, 11) is 2.03. The fourth-order valence-electron chi connectivity index (χ4n) is 4.32. The molecular weight excluding hydrogens is 392 g/mol. The average Bonchev–Trinajstić information content (AvgIpc) is 2.79. The Balaban J connectivity index is 1.53. The van der Waals surface area contributed by atoms with Crippen LogP contribution in [0, 0.1) is 10.1 Å². The van der Waals surface area contributed by atoms with E-state index < -0.39 is 0 Å². The summed E-state index contributed by atoms with van der Waals surface area (Å²) in [6, 6.07) is 14.2. The number of nitro groups is 1. The van der Waals surface area contributed by atoms with Crippen LogP contribution in [0.5, 0.6) is 0 Å². The third-order valence-corrected chi connectivity index (χ3v) is 5.98. The van der Waals surface area contributed by atoms with Gasteiger partial charge in [0.25, 0.3) is 5.69 Å². The quantitative estimate of drug-likeness (QED) is 0.455. The van der Waals surface area contributed by atoms with Crippen molar-refractivity contribution < 1.29 is 4.92 Å². The number of likely N-dealkylation sites (tertiary alicyclic amines) is 1. The third kappa shape index (κ3) is 4.59. The normalized spacial score (nSPS) is 15.2. The topological polar surface area (TPSA) is 87.4 Å². The average molecular weight is 421 g/mol. The van der Waals surface area contributed by atoms with Crippen molar-refractivity contribution in [2.75, 3.05) is 36.9 Å². The van der Waals surface area contributed by atoms with Gasteiger partial charge in [0, 0.05) is 50.7 Å². The number of fused-ring (bicyclic) bond motifs is 1. The highest BCUT2D eigenvalue weighted by Crippen LogP contribution is 2.34. The van der Waals surface area contributed by atoms with Crippen LogP contribution in [0.4, 0.5) is 17.2 Å². The van der Waals surface area contributed by atoms with Gasteiger partial charge < -0.3 is 10.2 Å². The summed E-state index contributed by atoms with van der Waals surface area (Å²) >= 11 is 0. The number of rotatable bonds is 7. The second kappa shape index (κ2) is 9.26. The maximum atomic E-state index is 11.6. The second-order valence-corrected chi connectivity index (χ2v) is 7.98. The fraction of sp³-hybridized carbons (Fsp3) is 0.391. The zero-order valence-electron chi connectivity index (χ0n) is 18.0. The van der Waals surface area contributed by atoms with E-state index in [-0.39, 0.29) is 10.6 Å². The van der Waals surface area contributed by atoms with Crippen molar-refractivity contribution in [2.24, 2.45) is 0 Å². The first-order valence-electron chi connectivity index (χ1n) is 10.7. The molecule has 3 aromatic rings. The number of piperidine rings is 1. The lowest BCUT2D eigenvalue weighted by atomic mass is 10.0. The number of aromatic nitrogens is 2. The van der Waals surface area contributed by atoms with Crippen LogP contribution in [0.15, 0.2) is 48.8 Å². The Hall–Kier alpha value is -3.26. The largest absolute Gasteiger partial charge is 0.380 e. The summed E-state index contributed by atoms with van der Waals surface area (Å²) in [5.41, 5.74) is 2.58. The lowest BCUT2D eigenvalue weighted by Gasteiger charge is -2.37. The van der Waals surface area contributed by atoms with Gasteiger partial charge in [0.1, 0.15) is 17.8 Å². The number of nitro benzene ring substituents is 1. The van der Waals surface area contributed by atoms with Crippen molar-refractivity contribution in [2.45, 2.75) is 32.4 Å². The smallest absolute Gasteiger partial charge is 0.293 e. The van der Waals surface area contributed by atoms with E-state index in [0.717, 1.165) is 38.3 Å². The third-order valence-electron chi connectivity index (χ3n) is 5.98. The first-order chi connectivity index (χ1) is 15.1. The van der Waals surface area contributed by atoms with Crippen molar-refractivity contribution >= 4 is 28.1 Å². The van der Waals surface area contributed by atoms with Crippen molar-refractivity contribution in [3.05, 3.63) is 64.5 Å². The number of nitrogens with one attached hydrogen (secondary N) is 1. The second-order valence-electron chi connectivity index (χ2n) is 7.98. The molecule has 1 aliphatic heterocycles. The van der Waals surface area contributed by atoms with Crippen LogP contribution >= 0.6 is 0 Å². The highest BCUT2D eigenvalue weighted by atomic mass is 16.6. The molecule has 0 unspecified atom stereocenters. The molecule has 0 atom stereocenters. The van der Waals surface area contributed by atoms with Crippen LogP contribution in [0.25, 0.3) is 10.9 Å². The van der Waals surface area contributed by atoms with Gasteiger partial charge in [0.2, 0.25) is 0 Å². The summed E-state index contributed by atoms with van der Waals surface area (Å²) in [5, 5.41) is 15.4. The fourth-order valence-corrected chi connectivity index (χ4v) is 4.32. The van der Waals surface area contributed by atoms with Gasteiger partial charge >= 0.3 is 0 Å². The first-order valence-corrected chi connectivity index (χ1v) is 10.7. The molecule has 8 heteroatoms. The Kier molecular flexibility index (Phi) is 6.27. The van der Waals surface area contributed by atoms with E-state index in [4.69, 9.17) is 0 Å². The molecule has 0 bridgehead atoms. The number of benzene rings is 2. The molecule has 0 aliphatic carbocycles. The minimum atomic E-state index is -0.351. The molecule has 1 fully saturated rings. The highest BCUT2D eigenvalue weighted by molar-refractivity contribution is 5.94. The maximum Gasteiger partial charge on any atom is 0.293 e. The Bertz CT molecular complexity index is 1050. The Labute approximate surface area is 182 Å². The maximum absolute atomic E-state index is 11.6. The molecule has 1 N–H and O–H groups in total. The van der Waals surface area contributed by atoms with E-state index in [0.29, 0.717) is 29.2 Å². The van der Waals surface area contributed by atoms with Crippen LogP contribution in [0.1, 0.15) is 25.3 Å². The predicted octanol–water partition coefficient (Wildman–Crippen LogP) is 4.07. The van der Waals surface area contributed by atoms with E-state index >= 15 is 0 Å². The van der Waals surface area contributed by atoms with E-state index in [1.165, 1.54) is 5.56 Å². The molecule has 0 radical (unpaired) electrons. The standard InChI is InChI=1S/C23H28N6O2/c1-3-24-21-14-20-19(13-22(21)29(30)31)23(26-16-25-20)27(2)18-9-11-28(12-10-18)15-17-7-5-4-6-8-17/h4-8,13-14,16,18,24H,3,9-12,15H2,1-2H3. The number of nitrogens with zero attached hydrogens (tertiary/aromatic N) is 5. The summed E-state index contributed by atoms with van der Waals surface area (Å²) < 4.78 is 0. The summed E-state index contributed by atoms with van der Waals surface area (Å²) in [6.45, 7) is 5.51. The zero-order valence-corrected chi connectivity index (χ0v) is 18.0. The molecule has 162 valence electrons. The van der Waals surface area contributed by atoms with Crippen LogP contribution in [0.2, 0.25) is 0 Å². The summed E-state index contributed by atoms with van der Waals surface area (Å²) in [4.78, 5) is 24.8. The van der Waals surface area contributed by atoms with Gasteiger partial charge in [0.05, 0.1) is 10.4 Å². The molecule has 1 saturated heterocycles. The van der Waals surface area contributed by atoms with Crippen LogP contribution in [-0.2, 0) is 6.54 Å². The molecule has 31 heavy (non-hydrogen) atoms. The monoisotopic (exact) mass is 420 g/mol. The minimum Gasteiger partial charge on any atom is -0.380 e. The molecule has 1 aliphatic rings. The number of hydrogen-bond donors (Lipinski definition) is 1. The molecule has 4 rings (SSSR count). The predicted molar refractivity (Wildman–Crippen MR) is 124 cm³/mol. The van der Waals surface area contributed by atoms with Crippen LogP contribution < -0.4 is 10.2 Å².